The van der Waals surface area contributed by atoms with Crippen molar-refractivity contribution < 1.29 is 19.2 Å². The van der Waals surface area contributed by atoms with E-state index in [0.717, 1.165) is 0 Å². The maximum Gasteiger partial charge on any atom is 0.326 e. The van der Waals surface area contributed by atoms with E-state index >= 15 is 0 Å². The largest absolute Gasteiger partial charge is 0.480 e. The summed E-state index contributed by atoms with van der Waals surface area (Å²) in [7, 11) is 1.48. The van der Waals surface area contributed by atoms with Crippen LogP contribution < -0.4 is 0 Å². The molecule has 1 atom stereocenters. The first kappa shape index (κ1) is 14.2. The zero-order chi connectivity index (χ0) is 14.0. The third-order valence-electron chi connectivity index (χ3n) is 2.87. The Balaban J connectivity index is 3.07. The summed E-state index contributed by atoms with van der Waals surface area (Å²) < 4.78 is 4.92. The van der Waals surface area contributed by atoms with E-state index in [1.54, 1.807) is 27.7 Å². The lowest BCUT2D eigenvalue weighted by atomic mass is 10.0. The highest BCUT2D eigenvalue weighted by Crippen LogP contribution is 2.18. The van der Waals surface area contributed by atoms with Gasteiger partial charge >= 0.3 is 5.97 Å². The van der Waals surface area contributed by atoms with Crippen LogP contribution in [0.1, 0.15) is 35.7 Å². The molecule has 0 fully saturated rings. The molecule has 0 aliphatic rings. The number of amides is 1. The maximum absolute atomic E-state index is 12.3. The number of hydrogen-bond donors (Lipinski definition) is 1. The Morgan fingerprint density at radius 2 is 1.89 bits per heavy atom. The standard InChI is InChI=1S/C12H18N2O4/c1-6(2)10(12(16)17)14(5)11(15)9-7(3)13-18-8(9)4/h6,10H,1-5H3,(H,16,17). The second-order valence-corrected chi connectivity index (χ2v) is 4.64. The van der Waals surface area contributed by atoms with Gasteiger partial charge in [0, 0.05) is 7.05 Å². The van der Waals surface area contributed by atoms with Crippen molar-refractivity contribution in [3.63, 3.8) is 0 Å². The molecule has 1 rings (SSSR count). The molecule has 18 heavy (non-hydrogen) atoms. The molecule has 0 aromatic carbocycles. The van der Waals surface area contributed by atoms with Gasteiger partial charge in [-0.25, -0.2) is 4.79 Å². The molecule has 1 aromatic heterocycles. The van der Waals surface area contributed by atoms with Gasteiger partial charge in [0.1, 0.15) is 17.4 Å². The molecular formula is C12H18N2O4. The van der Waals surface area contributed by atoms with E-state index in [0.29, 0.717) is 17.0 Å². The monoisotopic (exact) mass is 254 g/mol. The number of hydrogen-bond acceptors (Lipinski definition) is 4. The van der Waals surface area contributed by atoms with Crippen molar-refractivity contribution in [2.24, 2.45) is 5.92 Å². The van der Waals surface area contributed by atoms with Crippen molar-refractivity contribution in [1.29, 1.82) is 0 Å². The molecule has 100 valence electrons. The van der Waals surface area contributed by atoms with Crippen molar-refractivity contribution in [3.8, 4) is 0 Å². The number of aryl methyl sites for hydroxylation is 2. The van der Waals surface area contributed by atoms with Crippen LogP contribution in [0.2, 0.25) is 0 Å². The molecule has 0 saturated carbocycles. The molecular weight excluding hydrogens is 236 g/mol. The molecule has 1 aromatic rings. The molecule has 1 heterocycles. The lowest BCUT2D eigenvalue weighted by Crippen LogP contribution is -2.45. The highest BCUT2D eigenvalue weighted by molar-refractivity contribution is 5.98. The molecule has 1 unspecified atom stereocenters. The van der Waals surface area contributed by atoms with Crippen LogP contribution in [-0.4, -0.2) is 40.1 Å². The van der Waals surface area contributed by atoms with Gasteiger partial charge in [-0.1, -0.05) is 19.0 Å². The maximum atomic E-state index is 12.3. The second-order valence-electron chi connectivity index (χ2n) is 4.64. The third-order valence-corrected chi connectivity index (χ3v) is 2.87. The molecule has 6 heteroatoms. The fourth-order valence-corrected chi connectivity index (χ4v) is 1.99. The van der Waals surface area contributed by atoms with Crippen molar-refractivity contribution in [1.82, 2.24) is 10.1 Å². The van der Waals surface area contributed by atoms with E-state index in [1.807, 2.05) is 0 Å². The van der Waals surface area contributed by atoms with Gasteiger partial charge in [0.15, 0.2) is 0 Å². The molecule has 0 aliphatic carbocycles. The van der Waals surface area contributed by atoms with Crippen molar-refractivity contribution in [2.45, 2.75) is 33.7 Å². The van der Waals surface area contributed by atoms with Gasteiger partial charge in [0.05, 0.1) is 5.69 Å². The zero-order valence-corrected chi connectivity index (χ0v) is 11.2. The lowest BCUT2D eigenvalue weighted by Gasteiger charge is -2.27. The Kier molecular flexibility index (Phi) is 4.11. The quantitative estimate of drug-likeness (QED) is 0.879. The van der Waals surface area contributed by atoms with E-state index in [9.17, 15) is 9.59 Å². The van der Waals surface area contributed by atoms with Crippen molar-refractivity contribution >= 4 is 11.9 Å². The first-order valence-electron chi connectivity index (χ1n) is 5.70. The minimum absolute atomic E-state index is 0.183. The van der Waals surface area contributed by atoms with Crippen LogP contribution in [0.3, 0.4) is 0 Å². The molecule has 0 bridgehead atoms. The van der Waals surface area contributed by atoms with Crippen LogP contribution in [0.15, 0.2) is 4.52 Å². The zero-order valence-electron chi connectivity index (χ0n) is 11.2. The summed E-state index contributed by atoms with van der Waals surface area (Å²) in [4.78, 5) is 24.7. The summed E-state index contributed by atoms with van der Waals surface area (Å²) in [5, 5.41) is 12.9. The van der Waals surface area contributed by atoms with E-state index < -0.39 is 12.0 Å². The number of carboxylic acid groups (broad SMARTS) is 1. The molecule has 1 amide bonds. The minimum Gasteiger partial charge on any atom is -0.480 e. The number of nitrogens with zero attached hydrogens (tertiary/aromatic N) is 2. The lowest BCUT2D eigenvalue weighted by molar-refractivity contribution is -0.143. The molecule has 0 saturated heterocycles. The highest BCUT2D eigenvalue weighted by atomic mass is 16.5. The van der Waals surface area contributed by atoms with Crippen LogP contribution in [0, 0.1) is 19.8 Å². The topological polar surface area (TPSA) is 83.6 Å². The van der Waals surface area contributed by atoms with Gasteiger partial charge in [-0.2, -0.15) is 0 Å². The number of carbonyl (C=O) groups excluding carboxylic acids is 1. The third kappa shape index (κ3) is 2.52. The van der Waals surface area contributed by atoms with Gasteiger partial charge in [0.2, 0.25) is 0 Å². The highest BCUT2D eigenvalue weighted by Gasteiger charge is 2.32. The normalized spacial score (nSPS) is 12.6. The van der Waals surface area contributed by atoms with Crippen molar-refractivity contribution in [2.75, 3.05) is 7.05 Å². The van der Waals surface area contributed by atoms with Crippen LogP contribution in [0.5, 0.6) is 0 Å². The molecule has 0 aliphatic heterocycles. The first-order chi connectivity index (χ1) is 8.27. The Morgan fingerprint density at radius 3 is 2.22 bits per heavy atom. The molecule has 0 radical (unpaired) electrons. The summed E-state index contributed by atoms with van der Waals surface area (Å²) >= 11 is 0. The van der Waals surface area contributed by atoms with Gasteiger partial charge < -0.3 is 14.5 Å². The minimum atomic E-state index is -1.02. The predicted molar refractivity (Wildman–Crippen MR) is 64.3 cm³/mol. The van der Waals surface area contributed by atoms with Gasteiger partial charge in [-0.15, -0.1) is 0 Å². The fraction of sp³-hybridized carbons (Fsp3) is 0.583. The summed E-state index contributed by atoms with van der Waals surface area (Å²) in [5.41, 5.74) is 0.807. The Labute approximate surface area is 106 Å². The van der Waals surface area contributed by atoms with Crippen LogP contribution >= 0.6 is 0 Å². The van der Waals surface area contributed by atoms with E-state index in [1.165, 1.54) is 11.9 Å². The van der Waals surface area contributed by atoms with Crippen molar-refractivity contribution in [3.05, 3.63) is 17.0 Å². The second kappa shape index (κ2) is 5.20. The SMILES string of the molecule is Cc1noc(C)c1C(=O)N(C)C(C(=O)O)C(C)C. The van der Waals surface area contributed by atoms with Gasteiger partial charge in [-0.05, 0) is 19.8 Å². The number of rotatable bonds is 4. The summed E-state index contributed by atoms with van der Waals surface area (Å²) in [6.45, 7) is 6.81. The smallest absolute Gasteiger partial charge is 0.326 e. The number of likely N-dealkylation sites (N-methyl/N-ethyl adjacent to an activating group) is 1. The number of aromatic nitrogens is 1. The summed E-state index contributed by atoms with van der Waals surface area (Å²) in [6, 6.07) is -0.869. The molecule has 6 nitrogen and oxygen atoms in total. The number of aliphatic carboxylic acids is 1. The van der Waals surface area contributed by atoms with Crippen LogP contribution in [-0.2, 0) is 4.79 Å². The Bertz CT molecular complexity index is 445. The van der Waals surface area contributed by atoms with Gasteiger partial charge in [-0.3, -0.25) is 4.79 Å². The predicted octanol–water partition coefficient (Wildman–Crippen LogP) is 1.47. The molecule has 1 N–H and O–H groups in total. The van der Waals surface area contributed by atoms with Gasteiger partial charge in [0.25, 0.3) is 5.91 Å². The Morgan fingerprint density at radius 1 is 1.33 bits per heavy atom. The average molecular weight is 254 g/mol. The van der Waals surface area contributed by atoms with E-state index in [4.69, 9.17) is 9.63 Å². The Hall–Kier alpha value is -1.85. The average Bonchev–Trinajstić information content (AvgIpc) is 2.56. The molecule has 0 spiro atoms. The van der Waals surface area contributed by atoms with Crippen LogP contribution in [0.4, 0.5) is 0 Å². The van der Waals surface area contributed by atoms with Crippen LogP contribution in [0.25, 0.3) is 0 Å². The summed E-state index contributed by atoms with van der Waals surface area (Å²) in [6.07, 6.45) is 0. The van der Waals surface area contributed by atoms with E-state index in [2.05, 4.69) is 5.16 Å². The summed E-state index contributed by atoms with van der Waals surface area (Å²) in [5.74, 6) is -1.19. The fourth-order valence-electron chi connectivity index (χ4n) is 1.99. The number of carbonyl (C=O) groups is 2. The number of carboxylic acids is 1. The first-order valence-corrected chi connectivity index (χ1v) is 5.70. The van der Waals surface area contributed by atoms with E-state index in [-0.39, 0.29) is 11.8 Å².